The van der Waals surface area contributed by atoms with E-state index in [0.717, 1.165) is 23.0 Å². The number of thiophene rings is 1. The molecule has 1 aromatic rings. The highest BCUT2D eigenvalue weighted by atomic mass is 35.5. The van der Waals surface area contributed by atoms with Crippen molar-refractivity contribution in [2.75, 3.05) is 13.1 Å². The molecule has 2 aliphatic rings. The zero-order valence-corrected chi connectivity index (χ0v) is 9.44. The Balaban J connectivity index is 1.68. The Morgan fingerprint density at radius 2 is 2.50 bits per heavy atom. The molecular weight excluding hydrogens is 216 g/mol. The molecule has 3 rings (SSSR count). The average Bonchev–Trinajstić information content (AvgIpc) is 2.82. The fourth-order valence-electron chi connectivity index (χ4n) is 2.48. The van der Waals surface area contributed by atoms with E-state index >= 15 is 0 Å². The molecular formula is C10H13ClN2S. The second kappa shape index (κ2) is 3.49. The van der Waals surface area contributed by atoms with E-state index < -0.39 is 0 Å². The zero-order chi connectivity index (χ0) is 9.54. The maximum Gasteiger partial charge on any atom is 0.0931 e. The summed E-state index contributed by atoms with van der Waals surface area (Å²) in [6, 6.07) is 5.65. The molecule has 0 aromatic carbocycles. The predicted octanol–water partition coefficient (Wildman–Crippen LogP) is 1.95. The van der Waals surface area contributed by atoms with Crippen molar-refractivity contribution in [3.63, 3.8) is 0 Å². The Morgan fingerprint density at radius 1 is 1.57 bits per heavy atom. The van der Waals surface area contributed by atoms with Crippen LogP contribution in [-0.2, 0) is 6.54 Å². The first-order chi connectivity index (χ1) is 6.81. The summed E-state index contributed by atoms with van der Waals surface area (Å²) in [6.07, 6.45) is 1.33. The number of nitrogens with one attached hydrogen (secondary N) is 1. The molecule has 2 saturated heterocycles. The second-order valence-electron chi connectivity index (χ2n) is 4.13. The molecule has 76 valence electrons. The first kappa shape index (κ1) is 9.16. The zero-order valence-electron chi connectivity index (χ0n) is 7.87. The van der Waals surface area contributed by atoms with E-state index in [-0.39, 0.29) is 0 Å². The molecule has 3 heterocycles. The lowest BCUT2D eigenvalue weighted by Gasteiger charge is -2.26. The molecule has 2 fully saturated rings. The van der Waals surface area contributed by atoms with Gasteiger partial charge >= 0.3 is 0 Å². The Kier molecular flexibility index (Phi) is 2.28. The average molecular weight is 229 g/mol. The topological polar surface area (TPSA) is 15.3 Å². The van der Waals surface area contributed by atoms with E-state index in [1.807, 2.05) is 6.07 Å². The lowest BCUT2D eigenvalue weighted by molar-refractivity contribution is 0.219. The lowest BCUT2D eigenvalue weighted by atomic mass is 10.2. The largest absolute Gasteiger partial charge is 0.311 e. The van der Waals surface area contributed by atoms with Crippen molar-refractivity contribution in [3.05, 3.63) is 21.3 Å². The molecule has 0 radical (unpaired) electrons. The van der Waals surface area contributed by atoms with Crippen LogP contribution in [0.15, 0.2) is 12.1 Å². The van der Waals surface area contributed by atoms with Crippen LogP contribution in [-0.4, -0.2) is 30.1 Å². The van der Waals surface area contributed by atoms with Gasteiger partial charge in [0.05, 0.1) is 4.34 Å². The highest BCUT2D eigenvalue weighted by Gasteiger charge is 2.37. The molecule has 1 N–H and O–H groups in total. The third-order valence-corrected chi connectivity index (χ3v) is 4.37. The minimum absolute atomic E-state index is 0.746. The van der Waals surface area contributed by atoms with Crippen molar-refractivity contribution in [1.29, 1.82) is 0 Å². The van der Waals surface area contributed by atoms with E-state index in [0.29, 0.717) is 0 Å². The summed E-state index contributed by atoms with van der Waals surface area (Å²) in [5.74, 6) is 0. The first-order valence-corrected chi connectivity index (χ1v) is 6.22. The summed E-state index contributed by atoms with van der Waals surface area (Å²) in [6.45, 7) is 3.46. The van der Waals surface area contributed by atoms with Crippen LogP contribution < -0.4 is 5.32 Å². The van der Waals surface area contributed by atoms with E-state index in [1.54, 1.807) is 11.3 Å². The fourth-order valence-corrected chi connectivity index (χ4v) is 3.59. The molecule has 0 amide bonds. The van der Waals surface area contributed by atoms with E-state index in [4.69, 9.17) is 11.6 Å². The Bertz CT molecular complexity index is 339. The van der Waals surface area contributed by atoms with Crippen LogP contribution in [0.1, 0.15) is 11.3 Å². The van der Waals surface area contributed by atoms with Gasteiger partial charge in [-0.15, -0.1) is 11.3 Å². The van der Waals surface area contributed by atoms with Gasteiger partial charge in [0.25, 0.3) is 0 Å². The monoisotopic (exact) mass is 228 g/mol. The van der Waals surface area contributed by atoms with Crippen LogP contribution in [0.25, 0.3) is 0 Å². The van der Waals surface area contributed by atoms with Crippen LogP contribution in [0.4, 0.5) is 0 Å². The van der Waals surface area contributed by atoms with Gasteiger partial charge in [-0.3, -0.25) is 4.90 Å². The van der Waals surface area contributed by atoms with Gasteiger partial charge in [0, 0.05) is 36.6 Å². The van der Waals surface area contributed by atoms with Gasteiger partial charge in [-0.25, -0.2) is 0 Å². The normalized spacial score (nSPS) is 31.5. The Labute approximate surface area is 92.9 Å². The molecule has 14 heavy (non-hydrogen) atoms. The van der Waals surface area contributed by atoms with E-state index in [1.165, 1.54) is 24.4 Å². The third-order valence-electron chi connectivity index (χ3n) is 3.16. The van der Waals surface area contributed by atoms with Gasteiger partial charge in [-0.05, 0) is 18.6 Å². The lowest BCUT2D eigenvalue weighted by Crippen LogP contribution is -2.42. The fraction of sp³-hybridized carbons (Fsp3) is 0.600. The van der Waals surface area contributed by atoms with Crippen molar-refractivity contribution in [1.82, 2.24) is 10.2 Å². The van der Waals surface area contributed by atoms with Crippen molar-refractivity contribution in [2.45, 2.75) is 25.0 Å². The number of nitrogens with zero attached hydrogens (tertiary/aromatic N) is 1. The summed E-state index contributed by atoms with van der Waals surface area (Å²) in [4.78, 5) is 3.96. The second-order valence-corrected chi connectivity index (χ2v) is 5.93. The van der Waals surface area contributed by atoms with Crippen LogP contribution >= 0.6 is 22.9 Å². The van der Waals surface area contributed by atoms with Gasteiger partial charge < -0.3 is 5.32 Å². The number of hydrogen-bond donors (Lipinski definition) is 1. The quantitative estimate of drug-likeness (QED) is 0.833. The van der Waals surface area contributed by atoms with Crippen molar-refractivity contribution in [3.8, 4) is 0 Å². The summed E-state index contributed by atoms with van der Waals surface area (Å²) < 4.78 is 0.905. The van der Waals surface area contributed by atoms with Gasteiger partial charge in [-0.2, -0.15) is 0 Å². The molecule has 0 saturated carbocycles. The number of halogens is 1. The van der Waals surface area contributed by atoms with E-state index in [9.17, 15) is 0 Å². The number of rotatable bonds is 2. The molecule has 2 bridgehead atoms. The van der Waals surface area contributed by atoms with Crippen LogP contribution in [0.5, 0.6) is 0 Å². The number of likely N-dealkylation sites (tertiary alicyclic amines) is 1. The third kappa shape index (κ3) is 1.58. The molecule has 0 spiro atoms. The van der Waals surface area contributed by atoms with Gasteiger partial charge in [0.15, 0.2) is 0 Å². The van der Waals surface area contributed by atoms with Crippen LogP contribution in [0.3, 0.4) is 0 Å². The standard InChI is InChI=1S/C10H13ClN2S/c11-10-2-1-9(14-10)6-13-5-7-3-8(13)4-12-7/h1-2,7-8,12H,3-6H2/t7-,8-/m1/s1. The van der Waals surface area contributed by atoms with Crippen molar-refractivity contribution >= 4 is 22.9 Å². The predicted molar refractivity (Wildman–Crippen MR) is 59.9 cm³/mol. The summed E-state index contributed by atoms with van der Waals surface area (Å²) in [7, 11) is 0. The van der Waals surface area contributed by atoms with Crippen LogP contribution in [0.2, 0.25) is 4.34 Å². The highest BCUT2D eigenvalue weighted by molar-refractivity contribution is 7.16. The molecule has 2 nitrogen and oxygen atoms in total. The number of fused-ring (bicyclic) bond motifs is 2. The molecule has 1 aromatic heterocycles. The molecule has 0 unspecified atom stereocenters. The van der Waals surface area contributed by atoms with Crippen molar-refractivity contribution < 1.29 is 0 Å². The summed E-state index contributed by atoms with van der Waals surface area (Å²) in [5, 5.41) is 3.51. The highest BCUT2D eigenvalue weighted by Crippen LogP contribution is 2.28. The minimum atomic E-state index is 0.746. The Morgan fingerprint density at radius 3 is 3.07 bits per heavy atom. The smallest absolute Gasteiger partial charge is 0.0931 e. The molecule has 2 atom stereocenters. The van der Waals surface area contributed by atoms with Crippen molar-refractivity contribution in [2.24, 2.45) is 0 Å². The minimum Gasteiger partial charge on any atom is -0.311 e. The maximum absolute atomic E-state index is 5.91. The summed E-state index contributed by atoms with van der Waals surface area (Å²) >= 11 is 7.62. The molecule has 0 aliphatic carbocycles. The number of piperazine rings is 1. The molecule has 4 heteroatoms. The SMILES string of the molecule is Clc1ccc(CN2C[C@H]3C[C@@H]2CN3)s1. The molecule has 2 aliphatic heterocycles. The first-order valence-electron chi connectivity index (χ1n) is 5.03. The van der Waals surface area contributed by atoms with Crippen LogP contribution in [0, 0.1) is 0 Å². The Hall–Kier alpha value is -0.0900. The number of hydrogen-bond acceptors (Lipinski definition) is 3. The maximum atomic E-state index is 5.91. The summed E-state index contributed by atoms with van der Waals surface area (Å²) in [5.41, 5.74) is 0. The van der Waals surface area contributed by atoms with E-state index in [2.05, 4.69) is 16.3 Å². The van der Waals surface area contributed by atoms with Gasteiger partial charge in [0.1, 0.15) is 0 Å². The van der Waals surface area contributed by atoms with Gasteiger partial charge in [0.2, 0.25) is 0 Å². The van der Waals surface area contributed by atoms with Gasteiger partial charge in [-0.1, -0.05) is 11.6 Å².